The zero-order valence-corrected chi connectivity index (χ0v) is 36.9. The second kappa shape index (κ2) is 17.9. The van der Waals surface area contributed by atoms with Gasteiger partial charge in [-0.05, 0) is 54.3 Å². The van der Waals surface area contributed by atoms with Crippen molar-refractivity contribution in [2.45, 2.75) is 31.4 Å². The number of phenols is 1. The molecule has 0 radical (unpaired) electrons. The van der Waals surface area contributed by atoms with Crippen molar-refractivity contribution in [2.75, 3.05) is 37.6 Å². The predicted octanol–water partition coefficient (Wildman–Crippen LogP) is 2.20. The van der Waals surface area contributed by atoms with Gasteiger partial charge in [0.2, 0.25) is 0 Å². The predicted molar refractivity (Wildman–Crippen MR) is 211 cm³/mol. The molecule has 0 aliphatic carbocycles. The lowest BCUT2D eigenvalue weighted by Crippen LogP contribution is -2.16. The molecule has 63 heavy (non-hydrogen) atoms. The number of ether oxygens (including phenoxy) is 1. The number of aryl methyl sites for hydroxylation is 1. The van der Waals surface area contributed by atoms with Gasteiger partial charge in [-0.15, -0.1) is 20.5 Å². The van der Waals surface area contributed by atoms with Crippen molar-refractivity contribution in [3.63, 3.8) is 0 Å². The van der Waals surface area contributed by atoms with E-state index in [1.807, 2.05) is 0 Å². The van der Waals surface area contributed by atoms with Crippen molar-refractivity contribution in [1.82, 2.24) is 0 Å². The second-order valence-corrected chi connectivity index (χ2v) is 22.7. The zero-order chi connectivity index (χ0) is 47.9. The molecule has 0 amide bonds. The van der Waals surface area contributed by atoms with Crippen LogP contribution in [0.2, 0.25) is 0 Å². The Morgan fingerprint density at radius 2 is 1.05 bits per heavy atom. The fourth-order valence-corrected chi connectivity index (χ4v) is 10.6. The van der Waals surface area contributed by atoms with Crippen molar-refractivity contribution in [1.29, 1.82) is 0 Å². The number of azo groups is 2. The fourth-order valence-electron chi connectivity index (χ4n) is 5.25. The van der Waals surface area contributed by atoms with Gasteiger partial charge in [0, 0.05) is 6.07 Å². The maximum Gasteiger partial charge on any atom is 0.397 e. The van der Waals surface area contributed by atoms with Gasteiger partial charge in [0.1, 0.15) is 43.2 Å². The minimum atomic E-state index is -5.48. The molecular weight excluding hydrogens is 999 g/mol. The van der Waals surface area contributed by atoms with E-state index >= 15 is 0 Å². The Morgan fingerprint density at radius 3 is 1.54 bits per heavy atom. The quantitative estimate of drug-likeness (QED) is 0.0426. The number of benzene rings is 4. The number of aromatic hydroxyl groups is 1. The lowest BCUT2D eigenvalue weighted by atomic mass is 10.1. The van der Waals surface area contributed by atoms with E-state index in [4.69, 9.17) is 19.6 Å². The first-order valence-corrected chi connectivity index (χ1v) is 26.3. The molecule has 0 fully saturated rings. The van der Waals surface area contributed by atoms with Crippen molar-refractivity contribution in [2.24, 2.45) is 20.5 Å². The molecular formula is C28H29N5O23S7. The van der Waals surface area contributed by atoms with Crippen molar-refractivity contribution in [3.8, 4) is 11.5 Å². The molecule has 28 nitrogen and oxygen atoms in total. The monoisotopic (exact) mass is 1030 g/mol. The summed E-state index contributed by atoms with van der Waals surface area (Å²) in [7, 11) is -34.4. The number of rotatable bonds is 18. The molecule has 8 N–H and O–H groups in total. The normalized spacial score (nSPS) is 13.6. The van der Waals surface area contributed by atoms with Gasteiger partial charge in [0.05, 0.1) is 52.7 Å². The maximum atomic E-state index is 12.9. The first kappa shape index (κ1) is 50.8. The van der Waals surface area contributed by atoms with Crippen LogP contribution in [0.25, 0.3) is 10.8 Å². The lowest BCUT2D eigenvalue weighted by molar-refractivity contribution is 0.282. The van der Waals surface area contributed by atoms with Crippen molar-refractivity contribution < 1.29 is 99.9 Å². The number of nitrogens with two attached hydrogens (primary N) is 1. The van der Waals surface area contributed by atoms with E-state index < -0.39 is 159 Å². The molecule has 0 bridgehead atoms. The average molecular weight is 1030 g/mol. The third-order valence-corrected chi connectivity index (χ3v) is 15.0. The highest BCUT2D eigenvalue weighted by atomic mass is 32.3. The zero-order valence-electron chi connectivity index (χ0n) is 31.2. The minimum absolute atomic E-state index is 0.0926. The number of sulfone groups is 2. The average Bonchev–Trinajstić information content (AvgIpc) is 3.11. The molecule has 0 atom stereocenters. The Bertz CT molecular complexity index is 3410. The molecule has 0 aliphatic rings. The largest absolute Gasteiger partial charge is 0.505 e. The summed E-state index contributed by atoms with van der Waals surface area (Å²) in [5.74, 6) is -3.78. The van der Waals surface area contributed by atoms with Crippen LogP contribution in [0.4, 0.5) is 28.4 Å². The minimum Gasteiger partial charge on any atom is -0.505 e. The highest BCUT2D eigenvalue weighted by Crippen LogP contribution is 2.49. The molecule has 0 heterocycles. The van der Waals surface area contributed by atoms with Crippen LogP contribution in [0.1, 0.15) is 5.56 Å². The van der Waals surface area contributed by atoms with Crippen molar-refractivity contribution in [3.05, 3.63) is 48.0 Å². The fraction of sp³-hybridized carbons (Fsp3) is 0.214. The first-order valence-electron chi connectivity index (χ1n) is 16.0. The summed E-state index contributed by atoms with van der Waals surface area (Å²) in [5.41, 5.74) is 1.55. The number of hydrogen-bond acceptors (Lipinski definition) is 23. The van der Waals surface area contributed by atoms with Gasteiger partial charge in [-0.25, -0.2) is 25.2 Å². The van der Waals surface area contributed by atoms with E-state index in [2.05, 4.69) is 28.8 Å². The standard InChI is InChI=1S/C28H29N5O23S7/c1-14-9-18(19(54-2)13-20(14)58(37,38)8-6-56-63(51,52)53)31-33-27-23(61(45,46)47)11-15-10-22(60(42,43)44)26(25(29)24(15)28(27)34)32-30-17-4-3-16(12-21(17)59(39,40)41)57(35,36)7-5-55-62(48,49)50/h3-4,9-13,34H,5-8,29H2,1-2H3,(H,39,40,41)(H,42,43,44)(H,45,46,47)(H,48,49,50)(H,51,52,53). The van der Waals surface area contributed by atoms with Gasteiger partial charge in [-0.2, -0.15) is 42.1 Å². The highest BCUT2D eigenvalue weighted by molar-refractivity contribution is 7.92. The molecule has 0 saturated carbocycles. The lowest BCUT2D eigenvalue weighted by Gasteiger charge is -2.14. The Balaban J connectivity index is 1.93. The van der Waals surface area contributed by atoms with E-state index in [9.17, 15) is 77.7 Å². The van der Waals surface area contributed by atoms with E-state index in [1.165, 1.54) is 6.92 Å². The number of methoxy groups -OCH3 is 1. The molecule has 35 heteroatoms. The molecule has 4 rings (SSSR count). The van der Waals surface area contributed by atoms with Gasteiger partial charge < -0.3 is 15.6 Å². The third kappa shape index (κ3) is 12.4. The van der Waals surface area contributed by atoms with Crippen LogP contribution >= 0.6 is 0 Å². The topological polar surface area (TPSA) is 464 Å². The number of anilines is 1. The summed E-state index contributed by atoms with van der Waals surface area (Å²) < 4.78 is 230. The summed E-state index contributed by atoms with van der Waals surface area (Å²) in [5, 5.41) is 24.5. The summed E-state index contributed by atoms with van der Waals surface area (Å²) in [6.07, 6.45) is 0. The number of nitrogens with zero attached hydrogens (tertiary/aromatic N) is 4. The molecule has 0 unspecified atom stereocenters. The molecule has 346 valence electrons. The van der Waals surface area contributed by atoms with Crippen LogP contribution in [0, 0.1) is 6.92 Å². The molecule has 4 aromatic carbocycles. The van der Waals surface area contributed by atoms with Crippen LogP contribution < -0.4 is 10.5 Å². The Hall–Kier alpha value is -4.89. The van der Waals surface area contributed by atoms with Crippen LogP contribution in [-0.2, 0) is 79.2 Å². The number of hydrogen-bond donors (Lipinski definition) is 7. The molecule has 0 aliphatic heterocycles. The van der Waals surface area contributed by atoms with E-state index in [0.29, 0.717) is 30.3 Å². The van der Waals surface area contributed by atoms with Crippen molar-refractivity contribution >= 4 is 110 Å². The number of phenolic OH excluding ortho intramolecular Hbond substituents is 1. The molecule has 0 aromatic heterocycles. The van der Waals surface area contributed by atoms with Crippen LogP contribution in [0.15, 0.2) is 87.4 Å². The molecule has 4 aromatic rings. The molecule has 0 saturated heterocycles. The summed E-state index contributed by atoms with van der Waals surface area (Å²) >= 11 is 0. The SMILES string of the molecule is COc1cc(S(=O)(=O)CCOS(=O)(=O)O)c(C)cc1N=Nc1c(S(=O)(=O)O)cc2cc(S(=O)(=O)O)c(N=Nc3ccc(S(=O)(=O)CCOS(=O)(=O)O)cc3S(=O)(=O)O)c(N)c2c1O. The third-order valence-electron chi connectivity index (χ3n) is 7.93. The first-order chi connectivity index (χ1) is 28.6. The van der Waals surface area contributed by atoms with Gasteiger partial charge in [-0.1, -0.05) is 0 Å². The van der Waals surface area contributed by atoms with Gasteiger partial charge in [0.25, 0.3) is 30.4 Å². The van der Waals surface area contributed by atoms with E-state index in [-0.39, 0.29) is 17.0 Å². The van der Waals surface area contributed by atoms with Gasteiger partial charge in [0.15, 0.2) is 25.4 Å². The smallest absolute Gasteiger partial charge is 0.397 e. The Labute approximate surface area is 357 Å². The number of fused-ring (bicyclic) bond motifs is 1. The summed E-state index contributed by atoms with van der Waals surface area (Å²) in [6, 6.07) is 4.50. The Kier molecular flexibility index (Phi) is 14.5. The number of nitrogen functional groups attached to an aromatic ring is 1. The van der Waals surface area contributed by atoms with Gasteiger partial charge in [-0.3, -0.25) is 22.8 Å². The summed E-state index contributed by atoms with van der Waals surface area (Å²) in [4.78, 5) is -5.20. The molecule has 0 spiro atoms. The maximum absolute atomic E-state index is 12.9. The summed E-state index contributed by atoms with van der Waals surface area (Å²) in [6.45, 7) is -0.895. The Morgan fingerprint density at radius 1 is 0.571 bits per heavy atom. The van der Waals surface area contributed by atoms with E-state index in [1.54, 1.807) is 0 Å². The van der Waals surface area contributed by atoms with E-state index in [0.717, 1.165) is 19.2 Å². The van der Waals surface area contributed by atoms with Crippen LogP contribution in [0.3, 0.4) is 0 Å². The second-order valence-electron chi connectivity index (χ2n) is 12.2. The van der Waals surface area contributed by atoms with Crippen LogP contribution in [0.5, 0.6) is 11.5 Å². The van der Waals surface area contributed by atoms with Gasteiger partial charge >= 0.3 is 20.8 Å². The van der Waals surface area contributed by atoms with Crippen LogP contribution in [-0.4, -0.2) is 119 Å². The highest BCUT2D eigenvalue weighted by Gasteiger charge is 2.29.